The van der Waals surface area contributed by atoms with Crippen molar-refractivity contribution >= 4 is 47.0 Å². The molecule has 0 aliphatic heterocycles. The standard InChI is InChI=1S/C21H28N8O3S/c1-4-7-12-32-17(31)14-8-10-15(11-9-14)24-16(30)13-33-21-28-27-20-26-18(22-5-2)25-19(23-6-3)29(20)21/h8-11H,4-7,12-13H2,1-3H3,(H,24,30)(H2,22,23,25,26,27). The van der Waals surface area contributed by atoms with Gasteiger partial charge >= 0.3 is 5.97 Å². The van der Waals surface area contributed by atoms with Crippen molar-refractivity contribution in [2.75, 3.05) is 41.4 Å². The number of hydrogen-bond acceptors (Lipinski definition) is 10. The summed E-state index contributed by atoms with van der Waals surface area (Å²) < 4.78 is 6.87. The van der Waals surface area contributed by atoms with E-state index in [0.29, 0.717) is 53.8 Å². The topological polar surface area (TPSA) is 135 Å². The van der Waals surface area contributed by atoms with Crippen molar-refractivity contribution in [1.29, 1.82) is 0 Å². The Kier molecular flexibility index (Phi) is 8.81. The summed E-state index contributed by atoms with van der Waals surface area (Å²) in [6.07, 6.45) is 1.79. The molecule has 0 saturated carbocycles. The van der Waals surface area contributed by atoms with Gasteiger partial charge in [-0.15, -0.1) is 10.2 Å². The zero-order valence-corrected chi connectivity index (χ0v) is 19.7. The van der Waals surface area contributed by atoms with Crippen LogP contribution >= 0.6 is 11.8 Å². The number of aromatic nitrogens is 5. The lowest BCUT2D eigenvalue weighted by atomic mass is 10.2. The maximum absolute atomic E-state index is 12.4. The molecule has 2 heterocycles. The predicted molar refractivity (Wildman–Crippen MR) is 128 cm³/mol. The molecule has 0 radical (unpaired) electrons. The van der Waals surface area contributed by atoms with E-state index < -0.39 is 0 Å². The molecule has 2 aromatic heterocycles. The highest BCUT2D eigenvalue weighted by atomic mass is 32.2. The number of anilines is 3. The van der Waals surface area contributed by atoms with E-state index in [2.05, 4.69) is 36.1 Å². The molecular formula is C21H28N8O3S. The third-order valence-electron chi connectivity index (χ3n) is 4.38. The Morgan fingerprint density at radius 2 is 1.79 bits per heavy atom. The molecule has 0 bridgehead atoms. The molecule has 0 aliphatic carbocycles. The molecule has 3 N–H and O–H groups in total. The number of amides is 1. The first-order valence-electron chi connectivity index (χ1n) is 10.9. The summed E-state index contributed by atoms with van der Waals surface area (Å²) in [6.45, 7) is 7.68. The Labute approximate surface area is 196 Å². The highest BCUT2D eigenvalue weighted by Gasteiger charge is 2.16. The van der Waals surface area contributed by atoms with Crippen LogP contribution in [0.1, 0.15) is 44.0 Å². The molecule has 3 aromatic rings. The maximum Gasteiger partial charge on any atom is 0.338 e. The number of ether oxygens (including phenoxy) is 1. The van der Waals surface area contributed by atoms with Gasteiger partial charge in [0, 0.05) is 18.8 Å². The zero-order valence-electron chi connectivity index (χ0n) is 18.9. The van der Waals surface area contributed by atoms with Crippen LogP contribution in [0.25, 0.3) is 5.78 Å². The van der Waals surface area contributed by atoms with Gasteiger partial charge in [0.2, 0.25) is 17.8 Å². The SMILES string of the molecule is CCCCOC(=O)c1ccc(NC(=O)CSc2nnc3nc(NCC)nc(NCC)n23)cc1. The number of rotatable bonds is 12. The van der Waals surface area contributed by atoms with Crippen molar-refractivity contribution < 1.29 is 14.3 Å². The zero-order chi connectivity index (χ0) is 23.6. The Balaban J connectivity index is 1.61. The number of nitrogens with one attached hydrogen (secondary N) is 3. The van der Waals surface area contributed by atoms with Gasteiger partial charge in [0.1, 0.15) is 0 Å². The Hall–Kier alpha value is -3.41. The van der Waals surface area contributed by atoms with Gasteiger partial charge in [-0.3, -0.25) is 4.79 Å². The van der Waals surface area contributed by atoms with Crippen molar-refractivity contribution in [3.8, 4) is 0 Å². The minimum absolute atomic E-state index is 0.113. The van der Waals surface area contributed by atoms with Gasteiger partial charge in [0.15, 0.2) is 5.16 Å². The monoisotopic (exact) mass is 472 g/mol. The smallest absolute Gasteiger partial charge is 0.338 e. The molecule has 1 amide bonds. The van der Waals surface area contributed by atoms with Gasteiger partial charge in [-0.1, -0.05) is 25.1 Å². The van der Waals surface area contributed by atoms with E-state index in [0.717, 1.165) is 12.8 Å². The Morgan fingerprint density at radius 3 is 2.48 bits per heavy atom. The minimum Gasteiger partial charge on any atom is -0.462 e. The van der Waals surface area contributed by atoms with Crippen LogP contribution in [-0.4, -0.2) is 61.9 Å². The second kappa shape index (κ2) is 12.0. The van der Waals surface area contributed by atoms with Crippen molar-refractivity contribution in [1.82, 2.24) is 24.6 Å². The molecule has 0 spiro atoms. The fourth-order valence-corrected chi connectivity index (χ4v) is 3.53. The van der Waals surface area contributed by atoms with Crippen LogP contribution in [0.3, 0.4) is 0 Å². The van der Waals surface area contributed by atoms with Crippen molar-refractivity contribution in [3.63, 3.8) is 0 Å². The summed E-state index contributed by atoms with van der Waals surface area (Å²) in [5.74, 6) is 0.924. The Morgan fingerprint density at radius 1 is 1.03 bits per heavy atom. The first-order valence-corrected chi connectivity index (χ1v) is 11.8. The van der Waals surface area contributed by atoms with Crippen LogP contribution in [0.2, 0.25) is 0 Å². The number of nitrogens with zero attached hydrogens (tertiary/aromatic N) is 5. The lowest BCUT2D eigenvalue weighted by Crippen LogP contribution is -2.15. The number of carbonyl (C=O) groups is 2. The maximum atomic E-state index is 12.4. The van der Waals surface area contributed by atoms with Crippen LogP contribution in [0.5, 0.6) is 0 Å². The van der Waals surface area contributed by atoms with E-state index in [4.69, 9.17) is 4.74 Å². The van der Waals surface area contributed by atoms with Crippen molar-refractivity contribution in [3.05, 3.63) is 29.8 Å². The van der Waals surface area contributed by atoms with E-state index in [9.17, 15) is 9.59 Å². The third kappa shape index (κ3) is 6.54. The number of esters is 1. The van der Waals surface area contributed by atoms with E-state index in [1.807, 2.05) is 20.8 Å². The molecule has 0 saturated heterocycles. The molecule has 0 unspecified atom stereocenters. The summed E-state index contributed by atoms with van der Waals surface area (Å²) in [6, 6.07) is 6.60. The molecule has 1 aromatic carbocycles. The summed E-state index contributed by atoms with van der Waals surface area (Å²) in [4.78, 5) is 33.2. The van der Waals surface area contributed by atoms with E-state index in [1.54, 1.807) is 28.7 Å². The van der Waals surface area contributed by atoms with Gasteiger partial charge < -0.3 is 20.7 Å². The lowest BCUT2D eigenvalue weighted by molar-refractivity contribution is -0.113. The molecule has 3 rings (SSSR count). The molecule has 0 fully saturated rings. The van der Waals surface area contributed by atoms with Gasteiger partial charge in [0.05, 0.1) is 17.9 Å². The van der Waals surface area contributed by atoms with Crippen LogP contribution in [-0.2, 0) is 9.53 Å². The van der Waals surface area contributed by atoms with E-state index in [-0.39, 0.29) is 17.6 Å². The normalized spacial score (nSPS) is 10.8. The van der Waals surface area contributed by atoms with Gasteiger partial charge in [-0.25, -0.2) is 9.20 Å². The number of fused-ring (bicyclic) bond motifs is 1. The molecular weight excluding hydrogens is 444 g/mol. The second-order valence-electron chi connectivity index (χ2n) is 6.95. The molecule has 0 atom stereocenters. The van der Waals surface area contributed by atoms with Gasteiger partial charge in [-0.2, -0.15) is 9.97 Å². The van der Waals surface area contributed by atoms with E-state index >= 15 is 0 Å². The fraction of sp³-hybridized carbons (Fsp3) is 0.429. The lowest BCUT2D eigenvalue weighted by Gasteiger charge is -2.10. The van der Waals surface area contributed by atoms with E-state index in [1.165, 1.54) is 11.8 Å². The fourth-order valence-electron chi connectivity index (χ4n) is 2.81. The number of hydrogen-bond donors (Lipinski definition) is 3. The second-order valence-corrected chi connectivity index (χ2v) is 7.90. The number of carbonyl (C=O) groups excluding carboxylic acids is 2. The van der Waals surface area contributed by atoms with Crippen LogP contribution in [0.15, 0.2) is 29.4 Å². The molecule has 12 heteroatoms. The van der Waals surface area contributed by atoms with Crippen molar-refractivity contribution in [2.45, 2.75) is 38.8 Å². The first-order chi connectivity index (χ1) is 16.0. The van der Waals surface area contributed by atoms with Gasteiger partial charge in [0.25, 0.3) is 5.78 Å². The molecule has 0 aliphatic rings. The summed E-state index contributed by atoms with van der Waals surface area (Å²) in [5.41, 5.74) is 1.03. The number of unbranched alkanes of at least 4 members (excludes halogenated alkanes) is 1. The van der Waals surface area contributed by atoms with Crippen LogP contribution < -0.4 is 16.0 Å². The number of thioether (sulfide) groups is 1. The average Bonchev–Trinajstić information content (AvgIpc) is 3.22. The summed E-state index contributed by atoms with van der Waals surface area (Å²) in [5, 5.41) is 17.8. The van der Waals surface area contributed by atoms with Crippen LogP contribution in [0.4, 0.5) is 17.6 Å². The Bertz CT molecular complexity index is 1090. The molecule has 176 valence electrons. The summed E-state index contributed by atoms with van der Waals surface area (Å²) in [7, 11) is 0. The first kappa shape index (κ1) is 24.2. The quantitative estimate of drug-likeness (QED) is 0.205. The summed E-state index contributed by atoms with van der Waals surface area (Å²) >= 11 is 1.23. The average molecular weight is 473 g/mol. The minimum atomic E-state index is -0.369. The molecule has 33 heavy (non-hydrogen) atoms. The number of benzene rings is 1. The predicted octanol–water partition coefficient (Wildman–Crippen LogP) is 3.07. The highest BCUT2D eigenvalue weighted by Crippen LogP contribution is 2.21. The van der Waals surface area contributed by atoms with Crippen molar-refractivity contribution in [2.24, 2.45) is 0 Å². The molecule has 11 nitrogen and oxygen atoms in total. The largest absolute Gasteiger partial charge is 0.462 e. The van der Waals surface area contributed by atoms with Crippen LogP contribution in [0, 0.1) is 0 Å². The third-order valence-corrected chi connectivity index (χ3v) is 5.31. The van der Waals surface area contributed by atoms with Gasteiger partial charge in [-0.05, 0) is 44.5 Å². The highest BCUT2D eigenvalue weighted by molar-refractivity contribution is 7.99.